The van der Waals surface area contributed by atoms with Crippen molar-refractivity contribution in [2.24, 2.45) is 0 Å². The number of fused-ring (bicyclic) bond motifs is 2. The minimum atomic E-state index is -3.87. The molecule has 1 saturated heterocycles. The highest BCUT2D eigenvalue weighted by atomic mass is 32.2. The van der Waals surface area contributed by atoms with Crippen LogP contribution in [0.5, 0.6) is 0 Å². The molecule has 10 nitrogen and oxygen atoms in total. The SMILES string of the molecule is C=CCN1C(=O)[C@]2(C(=C(O)c3cccc(S(=O)(=O)N(C)C)c3)C(=O)C(=O)N2CCCN(C)C)c2ccccc21. The molecule has 2 amide bonds. The number of hydrogen-bond donors (Lipinski definition) is 1. The standard InChI is InChI=1S/C28H32N4O6S/c1-6-15-31-22-14-8-7-13-21(22)28(27(31)36)23(25(34)26(35)32(28)17-10-16-29(2)3)24(33)19-11-9-12-20(18-19)39(37,38)30(4)5/h6-9,11-14,18,33H,1,10,15-17H2,2-5H3/t28-/m1/s1. The fourth-order valence-electron chi connectivity index (χ4n) is 5.18. The third-order valence-corrected chi connectivity index (χ3v) is 8.81. The van der Waals surface area contributed by atoms with Crippen LogP contribution in [0.25, 0.3) is 5.76 Å². The molecule has 2 aromatic rings. The van der Waals surface area contributed by atoms with E-state index in [0.29, 0.717) is 24.2 Å². The Balaban J connectivity index is 2.02. The van der Waals surface area contributed by atoms with Crippen LogP contribution in [0.15, 0.2) is 71.7 Å². The number of nitrogens with zero attached hydrogens (tertiary/aromatic N) is 4. The van der Waals surface area contributed by atoms with E-state index in [1.165, 1.54) is 48.2 Å². The van der Waals surface area contributed by atoms with Gasteiger partial charge < -0.3 is 19.8 Å². The number of sulfonamides is 1. The van der Waals surface area contributed by atoms with Crippen LogP contribution in [-0.2, 0) is 29.9 Å². The van der Waals surface area contributed by atoms with E-state index in [1.54, 1.807) is 30.3 Å². The van der Waals surface area contributed by atoms with Gasteiger partial charge in [0.15, 0.2) is 5.54 Å². The predicted molar refractivity (Wildman–Crippen MR) is 147 cm³/mol. The van der Waals surface area contributed by atoms with Crippen LogP contribution in [0.2, 0.25) is 0 Å². The lowest BCUT2D eigenvalue weighted by molar-refractivity contribution is -0.143. The van der Waals surface area contributed by atoms with Crippen LogP contribution in [-0.4, -0.2) is 93.1 Å². The molecule has 39 heavy (non-hydrogen) atoms. The summed E-state index contributed by atoms with van der Waals surface area (Å²) in [5.41, 5.74) is -1.42. The number of ketones is 1. The van der Waals surface area contributed by atoms with E-state index in [1.807, 2.05) is 19.0 Å². The third-order valence-electron chi connectivity index (χ3n) is 6.99. The summed E-state index contributed by atoms with van der Waals surface area (Å²) in [5.74, 6) is -3.10. The Morgan fingerprint density at radius 1 is 1.05 bits per heavy atom. The zero-order chi connectivity index (χ0) is 28.7. The zero-order valence-electron chi connectivity index (χ0n) is 22.4. The number of carbonyl (C=O) groups excluding carboxylic acids is 3. The van der Waals surface area contributed by atoms with Crippen molar-refractivity contribution < 1.29 is 27.9 Å². The summed E-state index contributed by atoms with van der Waals surface area (Å²) >= 11 is 0. The number of hydrogen-bond acceptors (Lipinski definition) is 7. The van der Waals surface area contributed by atoms with Crippen LogP contribution in [0, 0.1) is 0 Å². The van der Waals surface area contributed by atoms with Crippen molar-refractivity contribution >= 4 is 39.1 Å². The first-order chi connectivity index (χ1) is 18.4. The van der Waals surface area contributed by atoms with Gasteiger partial charge in [-0.3, -0.25) is 14.4 Å². The minimum Gasteiger partial charge on any atom is -0.507 e. The lowest BCUT2D eigenvalue weighted by atomic mass is 9.82. The second-order valence-corrected chi connectivity index (χ2v) is 12.1. The molecule has 0 bridgehead atoms. The van der Waals surface area contributed by atoms with Crippen molar-refractivity contribution in [1.29, 1.82) is 0 Å². The Morgan fingerprint density at radius 3 is 2.38 bits per heavy atom. The predicted octanol–water partition coefficient (Wildman–Crippen LogP) is 2.00. The van der Waals surface area contributed by atoms with Crippen molar-refractivity contribution in [3.63, 3.8) is 0 Å². The maximum Gasteiger partial charge on any atom is 0.296 e. The molecular weight excluding hydrogens is 520 g/mol. The Morgan fingerprint density at radius 2 is 1.74 bits per heavy atom. The van der Waals surface area contributed by atoms with Crippen molar-refractivity contribution in [3.05, 3.63) is 77.9 Å². The van der Waals surface area contributed by atoms with E-state index >= 15 is 0 Å². The Labute approximate surface area is 228 Å². The molecule has 206 valence electrons. The highest BCUT2D eigenvalue weighted by molar-refractivity contribution is 7.89. The number of rotatable bonds is 9. The molecule has 11 heteroatoms. The van der Waals surface area contributed by atoms with Crippen molar-refractivity contribution in [1.82, 2.24) is 14.1 Å². The molecule has 0 unspecified atom stereocenters. The number of para-hydroxylation sites is 1. The maximum absolute atomic E-state index is 14.3. The van der Waals surface area contributed by atoms with E-state index in [-0.39, 0.29) is 29.1 Å². The average Bonchev–Trinajstić information content (AvgIpc) is 3.27. The average molecular weight is 553 g/mol. The molecular formula is C28H32N4O6S. The van der Waals surface area contributed by atoms with Crippen LogP contribution in [0.3, 0.4) is 0 Å². The van der Waals surface area contributed by atoms with E-state index < -0.39 is 38.9 Å². The molecule has 2 aliphatic rings. The maximum atomic E-state index is 14.3. The number of aliphatic hydroxyl groups excluding tert-OH is 1. The van der Waals surface area contributed by atoms with Crippen molar-refractivity contribution in [3.8, 4) is 0 Å². The summed E-state index contributed by atoms with van der Waals surface area (Å²) < 4.78 is 26.6. The quantitative estimate of drug-likeness (QED) is 0.219. The molecule has 2 heterocycles. The molecule has 2 aromatic carbocycles. The van der Waals surface area contributed by atoms with Gasteiger partial charge in [-0.05, 0) is 45.3 Å². The first-order valence-corrected chi connectivity index (χ1v) is 13.8. The monoisotopic (exact) mass is 552 g/mol. The van der Waals surface area contributed by atoms with Gasteiger partial charge in [0.05, 0.1) is 16.2 Å². The topological polar surface area (TPSA) is 119 Å². The van der Waals surface area contributed by atoms with E-state index in [2.05, 4.69) is 6.58 Å². The van der Waals surface area contributed by atoms with Gasteiger partial charge in [0.1, 0.15) is 5.76 Å². The number of aliphatic hydroxyl groups is 1. The fraction of sp³-hybridized carbons (Fsp3) is 0.321. The largest absolute Gasteiger partial charge is 0.507 e. The lowest BCUT2D eigenvalue weighted by Gasteiger charge is -2.34. The number of likely N-dealkylation sites (tertiary alicyclic amines) is 1. The summed E-state index contributed by atoms with van der Waals surface area (Å²) in [6.45, 7) is 4.54. The summed E-state index contributed by atoms with van der Waals surface area (Å²) in [7, 11) is 2.64. The molecule has 1 spiro atoms. The van der Waals surface area contributed by atoms with Crippen LogP contribution in [0.4, 0.5) is 5.69 Å². The molecule has 0 aliphatic carbocycles. The van der Waals surface area contributed by atoms with Gasteiger partial charge in [-0.15, -0.1) is 6.58 Å². The Hall–Kier alpha value is -3.80. The fourth-order valence-corrected chi connectivity index (χ4v) is 6.13. The van der Waals surface area contributed by atoms with Crippen LogP contribution in [0.1, 0.15) is 17.5 Å². The summed E-state index contributed by atoms with van der Waals surface area (Å²) in [5, 5.41) is 11.6. The smallest absolute Gasteiger partial charge is 0.296 e. The molecule has 2 aliphatic heterocycles. The van der Waals surface area contributed by atoms with Gasteiger partial charge >= 0.3 is 0 Å². The Bertz CT molecular complexity index is 1500. The molecule has 1 atom stereocenters. The molecule has 0 saturated carbocycles. The molecule has 0 aromatic heterocycles. The Kier molecular flexibility index (Phi) is 7.53. The normalized spacial score (nSPS) is 20.5. The summed E-state index contributed by atoms with van der Waals surface area (Å²) in [6.07, 6.45) is 2.01. The number of benzene rings is 2. The third kappa shape index (κ3) is 4.36. The lowest BCUT2D eigenvalue weighted by Crippen LogP contribution is -2.52. The van der Waals surface area contributed by atoms with Crippen LogP contribution < -0.4 is 4.90 Å². The van der Waals surface area contributed by atoms with Gasteiger partial charge in [-0.2, -0.15) is 0 Å². The summed E-state index contributed by atoms with van der Waals surface area (Å²) in [4.78, 5) is 46.0. The minimum absolute atomic E-state index is 0.00366. The van der Waals surface area contributed by atoms with Gasteiger partial charge in [0.25, 0.3) is 17.6 Å². The van der Waals surface area contributed by atoms with Gasteiger partial charge in [-0.1, -0.05) is 36.4 Å². The first kappa shape index (κ1) is 28.2. The van der Waals surface area contributed by atoms with E-state index in [9.17, 15) is 27.9 Å². The molecule has 4 rings (SSSR count). The molecule has 0 radical (unpaired) electrons. The van der Waals surface area contributed by atoms with Gasteiger partial charge in [0.2, 0.25) is 10.0 Å². The second-order valence-electron chi connectivity index (χ2n) is 9.91. The number of anilines is 1. The first-order valence-electron chi connectivity index (χ1n) is 12.4. The number of carbonyl (C=O) groups is 3. The van der Waals surface area contributed by atoms with E-state index in [0.717, 1.165) is 4.31 Å². The molecule has 1 fully saturated rings. The van der Waals surface area contributed by atoms with Gasteiger partial charge in [0, 0.05) is 38.3 Å². The second kappa shape index (κ2) is 10.4. The van der Waals surface area contributed by atoms with Crippen molar-refractivity contribution in [2.45, 2.75) is 16.9 Å². The summed E-state index contributed by atoms with van der Waals surface area (Å²) in [6, 6.07) is 12.3. The van der Waals surface area contributed by atoms with Gasteiger partial charge in [-0.25, -0.2) is 12.7 Å². The number of amides is 2. The van der Waals surface area contributed by atoms with E-state index in [4.69, 9.17) is 0 Å². The highest BCUT2D eigenvalue weighted by Crippen LogP contribution is 2.53. The zero-order valence-corrected chi connectivity index (χ0v) is 23.2. The van der Waals surface area contributed by atoms with Crippen LogP contribution >= 0.6 is 0 Å². The van der Waals surface area contributed by atoms with Crippen molar-refractivity contribution in [2.75, 3.05) is 52.7 Å². The molecule has 1 N–H and O–H groups in total. The number of Topliss-reactive ketones (excluding diaryl/α,β-unsaturated/α-hetero) is 1. The highest BCUT2D eigenvalue weighted by Gasteiger charge is 2.66.